The molecule has 0 radical (unpaired) electrons. The molecule has 126 valence electrons. The lowest BCUT2D eigenvalue weighted by Crippen LogP contribution is -2.30. The molecule has 3 rings (SSSR count). The molecule has 1 saturated carbocycles. The molecule has 1 aromatic rings. The smallest absolute Gasteiger partial charge is 0.233 e. The number of hydrogen-bond donors (Lipinski definition) is 1. The molecule has 0 aromatic heterocycles. The van der Waals surface area contributed by atoms with E-state index in [-0.39, 0.29) is 24.0 Å². The van der Waals surface area contributed by atoms with Crippen LogP contribution in [0.1, 0.15) is 36.6 Å². The first-order chi connectivity index (χ1) is 11.2. The van der Waals surface area contributed by atoms with Gasteiger partial charge in [-0.1, -0.05) is 6.07 Å². The third-order valence-electron chi connectivity index (χ3n) is 4.38. The molecule has 1 N–H and O–H groups in total. The summed E-state index contributed by atoms with van der Waals surface area (Å²) in [5.41, 5.74) is 1.02. The van der Waals surface area contributed by atoms with E-state index in [4.69, 9.17) is 9.47 Å². The number of carbonyl (C=O) groups excluding carboxylic acids is 1. The zero-order chi connectivity index (χ0) is 16.2. The minimum Gasteiger partial charge on any atom is -0.493 e. The van der Waals surface area contributed by atoms with Crippen LogP contribution in [0.2, 0.25) is 0 Å². The second kappa shape index (κ2) is 7.45. The number of methoxy groups -OCH3 is 1. The lowest BCUT2D eigenvalue weighted by Gasteiger charge is -2.24. The van der Waals surface area contributed by atoms with Crippen molar-refractivity contribution in [3.05, 3.63) is 23.8 Å². The largest absolute Gasteiger partial charge is 0.493 e. The molecule has 1 amide bonds. The molecule has 1 aliphatic heterocycles. The van der Waals surface area contributed by atoms with Gasteiger partial charge in [0.2, 0.25) is 5.91 Å². The maximum Gasteiger partial charge on any atom is 0.233 e. The summed E-state index contributed by atoms with van der Waals surface area (Å²) in [4.78, 5) is 13.7. The zero-order valence-corrected chi connectivity index (χ0v) is 14.2. The first-order valence-corrected chi connectivity index (χ1v) is 9.14. The summed E-state index contributed by atoms with van der Waals surface area (Å²) >= 11 is 1.59. The number of aliphatic hydroxyl groups is 1. The van der Waals surface area contributed by atoms with Crippen LogP contribution >= 0.6 is 11.8 Å². The first-order valence-electron chi connectivity index (χ1n) is 8.09. The lowest BCUT2D eigenvalue weighted by molar-refractivity contribution is -0.128. The monoisotopic (exact) mass is 337 g/mol. The summed E-state index contributed by atoms with van der Waals surface area (Å²) in [6.45, 7) is 0.339. The number of hydrogen-bond acceptors (Lipinski definition) is 5. The highest BCUT2D eigenvalue weighted by molar-refractivity contribution is 8.00. The summed E-state index contributed by atoms with van der Waals surface area (Å²) in [7, 11) is 1.64. The topological polar surface area (TPSA) is 59.0 Å². The number of β-amino-alcohol motifs (C(OH)–C–C–N with tert-alkyl or cyclic N) is 1. The molecular weight excluding hydrogens is 314 g/mol. The van der Waals surface area contributed by atoms with Crippen LogP contribution in [0, 0.1) is 0 Å². The van der Waals surface area contributed by atoms with E-state index >= 15 is 0 Å². The molecule has 1 saturated heterocycles. The fourth-order valence-corrected chi connectivity index (χ4v) is 4.41. The van der Waals surface area contributed by atoms with Crippen molar-refractivity contribution in [1.82, 2.24) is 4.90 Å². The fraction of sp³-hybridized carbons (Fsp3) is 0.588. The average molecular weight is 337 g/mol. The van der Waals surface area contributed by atoms with Crippen molar-refractivity contribution in [3.8, 4) is 11.5 Å². The number of ether oxygens (including phenoxy) is 2. The molecule has 0 bridgehead atoms. The lowest BCUT2D eigenvalue weighted by atomic mass is 10.1. The van der Waals surface area contributed by atoms with Crippen molar-refractivity contribution in [2.45, 2.75) is 37.2 Å². The maximum absolute atomic E-state index is 12.0. The Morgan fingerprint density at radius 1 is 1.30 bits per heavy atom. The minimum atomic E-state index is -0.0634. The van der Waals surface area contributed by atoms with Crippen LogP contribution in [0.3, 0.4) is 0 Å². The Morgan fingerprint density at radius 3 is 2.78 bits per heavy atom. The summed E-state index contributed by atoms with van der Waals surface area (Å²) in [5.74, 6) is 2.00. The number of benzene rings is 1. The van der Waals surface area contributed by atoms with Crippen LogP contribution in [-0.4, -0.2) is 48.0 Å². The second-order valence-electron chi connectivity index (χ2n) is 5.91. The maximum atomic E-state index is 12.0. The van der Waals surface area contributed by atoms with Crippen molar-refractivity contribution in [1.29, 1.82) is 0 Å². The quantitative estimate of drug-likeness (QED) is 0.864. The van der Waals surface area contributed by atoms with Crippen LogP contribution in [0.15, 0.2) is 18.2 Å². The van der Waals surface area contributed by atoms with Gasteiger partial charge in [-0.2, -0.15) is 0 Å². The van der Waals surface area contributed by atoms with Gasteiger partial charge in [0, 0.05) is 6.54 Å². The Labute approximate surface area is 140 Å². The molecule has 5 nitrogen and oxygen atoms in total. The van der Waals surface area contributed by atoms with Gasteiger partial charge in [0.05, 0.1) is 25.6 Å². The number of thioether (sulfide) groups is 1. The van der Waals surface area contributed by atoms with Gasteiger partial charge in [0.25, 0.3) is 0 Å². The van der Waals surface area contributed by atoms with E-state index in [2.05, 4.69) is 0 Å². The highest BCUT2D eigenvalue weighted by atomic mass is 32.2. The highest BCUT2D eigenvalue weighted by Crippen LogP contribution is 2.42. The van der Waals surface area contributed by atoms with E-state index in [9.17, 15) is 9.90 Å². The van der Waals surface area contributed by atoms with Crippen LogP contribution < -0.4 is 9.47 Å². The van der Waals surface area contributed by atoms with E-state index in [1.165, 1.54) is 12.8 Å². The minimum absolute atomic E-state index is 0.0234. The normalized spacial score (nSPS) is 21.9. The van der Waals surface area contributed by atoms with Gasteiger partial charge in [-0.05, 0) is 43.4 Å². The average Bonchev–Trinajstić information content (AvgIpc) is 3.19. The molecule has 6 heteroatoms. The van der Waals surface area contributed by atoms with Crippen molar-refractivity contribution in [2.75, 3.05) is 26.0 Å². The van der Waals surface area contributed by atoms with Gasteiger partial charge >= 0.3 is 0 Å². The zero-order valence-electron chi connectivity index (χ0n) is 13.4. The number of carbonyl (C=O) groups is 1. The predicted molar refractivity (Wildman–Crippen MR) is 89.9 cm³/mol. The number of amides is 1. The molecule has 0 spiro atoms. The molecule has 2 fully saturated rings. The van der Waals surface area contributed by atoms with E-state index in [1.807, 2.05) is 18.2 Å². The summed E-state index contributed by atoms with van der Waals surface area (Å²) < 4.78 is 11.5. The van der Waals surface area contributed by atoms with Crippen molar-refractivity contribution >= 4 is 17.7 Å². The molecule has 2 aliphatic rings. The second-order valence-corrected chi connectivity index (χ2v) is 6.98. The predicted octanol–water partition coefficient (Wildman–Crippen LogP) is 2.58. The Balaban J connectivity index is 1.83. The Kier molecular flexibility index (Phi) is 5.33. The van der Waals surface area contributed by atoms with Gasteiger partial charge in [-0.3, -0.25) is 4.79 Å². The van der Waals surface area contributed by atoms with E-state index in [0.29, 0.717) is 12.3 Å². The highest BCUT2D eigenvalue weighted by Gasteiger charge is 2.33. The van der Waals surface area contributed by atoms with E-state index in [1.54, 1.807) is 23.8 Å². The summed E-state index contributed by atoms with van der Waals surface area (Å²) in [6, 6.07) is 5.86. The van der Waals surface area contributed by atoms with Gasteiger partial charge in [-0.15, -0.1) is 11.8 Å². The Bertz CT molecular complexity index is 560. The van der Waals surface area contributed by atoms with Gasteiger partial charge in [0.15, 0.2) is 11.5 Å². The Morgan fingerprint density at radius 2 is 2.09 bits per heavy atom. The molecule has 1 unspecified atom stereocenters. The van der Waals surface area contributed by atoms with Crippen LogP contribution in [0.4, 0.5) is 0 Å². The standard InChI is InChI=1S/C17H23NO4S/c1-21-14-7-6-12(10-15(14)22-13-4-2-3-5-13)17-18(8-9-19)16(20)11-23-17/h6-7,10,13,17,19H,2-5,8-9,11H2,1H3. The van der Waals surface area contributed by atoms with Crippen LogP contribution in [-0.2, 0) is 4.79 Å². The number of aliphatic hydroxyl groups excluding tert-OH is 1. The van der Waals surface area contributed by atoms with Gasteiger partial charge in [-0.25, -0.2) is 0 Å². The summed E-state index contributed by atoms with van der Waals surface area (Å²) in [6.07, 6.45) is 4.85. The first kappa shape index (κ1) is 16.5. The third kappa shape index (κ3) is 3.58. The van der Waals surface area contributed by atoms with Crippen molar-refractivity contribution in [3.63, 3.8) is 0 Å². The number of nitrogens with zero attached hydrogens (tertiary/aromatic N) is 1. The molecule has 1 aliphatic carbocycles. The van der Waals surface area contributed by atoms with Crippen LogP contribution in [0.5, 0.6) is 11.5 Å². The molecule has 1 atom stereocenters. The molecule has 1 aromatic carbocycles. The van der Waals surface area contributed by atoms with Crippen molar-refractivity contribution in [2.24, 2.45) is 0 Å². The SMILES string of the molecule is COc1ccc(C2SCC(=O)N2CCO)cc1OC1CCCC1. The van der Waals surface area contributed by atoms with E-state index in [0.717, 1.165) is 29.9 Å². The van der Waals surface area contributed by atoms with Gasteiger partial charge in [0.1, 0.15) is 5.37 Å². The summed E-state index contributed by atoms with van der Waals surface area (Å²) in [5, 5.41) is 9.12. The van der Waals surface area contributed by atoms with E-state index < -0.39 is 0 Å². The fourth-order valence-electron chi connectivity index (χ4n) is 3.20. The molecule has 1 heterocycles. The number of rotatable bonds is 6. The van der Waals surface area contributed by atoms with Crippen LogP contribution in [0.25, 0.3) is 0 Å². The molecular formula is C17H23NO4S. The van der Waals surface area contributed by atoms with Crippen molar-refractivity contribution < 1.29 is 19.4 Å². The molecule has 23 heavy (non-hydrogen) atoms. The third-order valence-corrected chi connectivity index (χ3v) is 5.63. The van der Waals surface area contributed by atoms with Gasteiger partial charge < -0.3 is 19.5 Å². The Hall–Kier alpha value is -1.40.